The summed E-state index contributed by atoms with van der Waals surface area (Å²) in [6.45, 7) is 15.8. The predicted octanol–water partition coefficient (Wildman–Crippen LogP) is 2.40. The van der Waals surface area contributed by atoms with Crippen LogP contribution in [0, 0.1) is 23.7 Å². The Morgan fingerprint density at radius 1 is 0.565 bits per heavy atom. The summed E-state index contributed by atoms with van der Waals surface area (Å²) in [7, 11) is 5.54. The fourth-order valence-electron chi connectivity index (χ4n) is 4.57. The number of hydrogen-bond donors (Lipinski definition) is 1. The van der Waals surface area contributed by atoms with Crippen molar-refractivity contribution >= 4 is 35.9 Å². The van der Waals surface area contributed by atoms with Gasteiger partial charge in [0.05, 0.1) is 37.9 Å². The van der Waals surface area contributed by atoms with Gasteiger partial charge >= 0.3 is 24.1 Å². The van der Waals surface area contributed by atoms with Crippen LogP contribution in [0.3, 0.4) is 0 Å². The van der Waals surface area contributed by atoms with Crippen LogP contribution in [0.4, 0.5) is 9.59 Å². The van der Waals surface area contributed by atoms with Crippen LogP contribution in [-0.2, 0) is 43.1 Å². The molecule has 46 heavy (non-hydrogen) atoms. The first-order valence-corrected chi connectivity index (χ1v) is 14.9. The minimum absolute atomic E-state index is 0.00157. The molecule has 1 N–H and O–H groups in total. The van der Waals surface area contributed by atoms with Crippen molar-refractivity contribution in [2.45, 2.75) is 79.1 Å². The van der Waals surface area contributed by atoms with Crippen molar-refractivity contribution in [3.63, 3.8) is 0 Å². The van der Waals surface area contributed by atoms with Gasteiger partial charge in [-0.3, -0.25) is 28.9 Å². The molecule has 0 saturated carbocycles. The Hall–Kier alpha value is -3.66. The van der Waals surface area contributed by atoms with Crippen molar-refractivity contribution < 1.29 is 57.8 Å². The van der Waals surface area contributed by atoms with Crippen LogP contribution in [0.5, 0.6) is 0 Å². The van der Waals surface area contributed by atoms with Gasteiger partial charge in [0.1, 0.15) is 16.8 Å². The molecule has 0 unspecified atom stereocenters. The van der Waals surface area contributed by atoms with Crippen LogP contribution >= 0.6 is 0 Å². The van der Waals surface area contributed by atoms with Gasteiger partial charge in [0.25, 0.3) is 11.8 Å². The summed E-state index contributed by atoms with van der Waals surface area (Å²) in [6, 6.07) is 0. The minimum Gasteiger partial charge on any atom is -0.481 e. The molecule has 2 heterocycles. The maximum absolute atomic E-state index is 12.5. The van der Waals surface area contributed by atoms with Gasteiger partial charge in [-0.15, -0.1) is 0 Å². The molecule has 0 aromatic heterocycles. The molecule has 0 spiro atoms. The van der Waals surface area contributed by atoms with Crippen molar-refractivity contribution in [1.29, 1.82) is 0 Å². The minimum atomic E-state index is -1.12. The molecule has 2 aliphatic rings. The van der Waals surface area contributed by atoms with E-state index in [0.29, 0.717) is 0 Å². The average Bonchev–Trinajstić information content (AvgIpc) is 3.55. The number of carbonyl (C=O) groups excluding carboxylic acids is 5. The number of hydrogen-bond acceptors (Lipinski definition) is 11. The molecule has 4 amide bonds. The highest BCUT2D eigenvalue weighted by molar-refractivity contribution is 5.88. The lowest BCUT2D eigenvalue weighted by molar-refractivity contribution is -0.178. The normalized spacial score (nSPS) is 21.5. The molecule has 16 nitrogen and oxygen atoms in total. The fourth-order valence-corrected chi connectivity index (χ4v) is 4.57. The van der Waals surface area contributed by atoms with Gasteiger partial charge in [-0.25, -0.2) is 19.7 Å². The van der Waals surface area contributed by atoms with E-state index in [-0.39, 0.29) is 32.1 Å². The standard InChI is InChI=1S/C17H30N2O6.C13H22N2O6/c1-16(2,3)24-14(21)12-10-19(15(22)25-17(4,5)6)9-11(12)13(20)18(7)23-8;1-13(2,3)21-12(19)15-6-8(9(7-15)11(17)18)10(16)14(4)20-5/h11-12H,9-10H2,1-8H3;8-9H,6-7H2,1-5H3,(H,17,18)/t11-,12-;8-,9-/m00/s1. The first-order chi connectivity index (χ1) is 20.8. The summed E-state index contributed by atoms with van der Waals surface area (Å²) in [4.78, 5) is 85.1. The largest absolute Gasteiger partial charge is 0.481 e. The predicted molar refractivity (Wildman–Crippen MR) is 163 cm³/mol. The second-order valence-corrected chi connectivity index (χ2v) is 14.1. The summed E-state index contributed by atoms with van der Waals surface area (Å²) in [5.74, 6) is -5.82. The highest BCUT2D eigenvalue weighted by Gasteiger charge is 2.48. The van der Waals surface area contributed by atoms with Gasteiger partial charge < -0.3 is 29.1 Å². The van der Waals surface area contributed by atoms with Crippen molar-refractivity contribution in [3.8, 4) is 0 Å². The van der Waals surface area contributed by atoms with E-state index in [2.05, 4.69) is 0 Å². The lowest BCUT2D eigenvalue weighted by Crippen LogP contribution is -2.40. The summed E-state index contributed by atoms with van der Waals surface area (Å²) in [5, 5.41) is 11.3. The summed E-state index contributed by atoms with van der Waals surface area (Å²) >= 11 is 0. The van der Waals surface area contributed by atoms with E-state index in [1.54, 1.807) is 62.3 Å². The average molecular weight is 661 g/mol. The van der Waals surface area contributed by atoms with Crippen LogP contribution in [0.1, 0.15) is 62.3 Å². The van der Waals surface area contributed by atoms with Gasteiger partial charge in [0, 0.05) is 40.3 Å². The van der Waals surface area contributed by atoms with Crippen LogP contribution < -0.4 is 0 Å². The molecule has 264 valence electrons. The van der Waals surface area contributed by atoms with E-state index in [1.807, 2.05) is 0 Å². The highest BCUT2D eigenvalue weighted by atomic mass is 16.7. The third kappa shape index (κ3) is 12.3. The van der Waals surface area contributed by atoms with E-state index < -0.39 is 70.5 Å². The van der Waals surface area contributed by atoms with E-state index in [1.165, 1.54) is 38.1 Å². The third-order valence-electron chi connectivity index (χ3n) is 6.77. The summed E-state index contributed by atoms with van der Waals surface area (Å²) < 4.78 is 16.0. The van der Waals surface area contributed by atoms with Gasteiger partial charge in [0.2, 0.25) is 0 Å². The van der Waals surface area contributed by atoms with Crippen molar-refractivity contribution in [3.05, 3.63) is 0 Å². The maximum atomic E-state index is 12.5. The number of esters is 1. The Morgan fingerprint density at radius 2 is 0.870 bits per heavy atom. The molecule has 2 fully saturated rings. The number of ether oxygens (including phenoxy) is 3. The quantitative estimate of drug-likeness (QED) is 0.250. The number of carbonyl (C=O) groups is 6. The first-order valence-electron chi connectivity index (χ1n) is 14.9. The van der Waals surface area contributed by atoms with Crippen LogP contribution in [-0.4, -0.2) is 132 Å². The van der Waals surface area contributed by atoms with Crippen molar-refractivity contribution in [2.24, 2.45) is 23.7 Å². The maximum Gasteiger partial charge on any atom is 0.410 e. The number of amides is 4. The summed E-state index contributed by atoms with van der Waals surface area (Å²) in [6.07, 6.45) is -1.18. The van der Waals surface area contributed by atoms with Crippen molar-refractivity contribution in [2.75, 3.05) is 54.5 Å². The molecule has 0 radical (unpaired) electrons. The number of hydroxylamine groups is 4. The molecular weight excluding hydrogens is 608 g/mol. The first kappa shape index (κ1) is 40.4. The number of carboxylic acid groups (broad SMARTS) is 1. The molecule has 0 bridgehead atoms. The topological polar surface area (TPSA) is 182 Å². The Balaban J connectivity index is 0.000000467. The molecule has 2 aliphatic heterocycles. The second-order valence-electron chi connectivity index (χ2n) is 14.1. The zero-order valence-corrected chi connectivity index (χ0v) is 29.4. The zero-order chi connectivity index (χ0) is 35.9. The van der Waals surface area contributed by atoms with Gasteiger partial charge in [0.15, 0.2) is 0 Å². The fraction of sp³-hybridized carbons (Fsp3) is 0.800. The molecule has 0 aromatic rings. The van der Waals surface area contributed by atoms with Gasteiger partial charge in [-0.05, 0) is 62.3 Å². The van der Waals surface area contributed by atoms with Crippen LogP contribution in [0.25, 0.3) is 0 Å². The van der Waals surface area contributed by atoms with E-state index in [9.17, 15) is 33.9 Å². The van der Waals surface area contributed by atoms with Crippen LogP contribution in [0.15, 0.2) is 0 Å². The Bertz CT molecular complexity index is 1120. The Morgan fingerprint density at radius 3 is 1.17 bits per heavy atom. The molecule has 16 heteroatoms. The Kier molecular flexibility index (Phi) is 13.8. The summed E-state index contributed by atoms with van der Waals surface area (Å²) in [5.41, 5.74) is -2.03. The molecule has 2 saturated heterocycles. The lowest BCUT2D eigenvalue weighted by atomic mass is 9.95. The van der Waals surface area contributed by atoms with Gasteiger partial charge in [-0.1, -0.05) is 0 Å². The smallest absolute Gasteiger partial charge is 0.410 e. The molecule has 2 rings (SSSR count). The lowest BCUT2D eigenvalue weighted by Gasteiger charge is -2.25. The van der Waals surface area contributed by atoms with Crippen molar-refractivity contribution in [1.82, 2.24) is 19.9 Å². The zero-order valence-electron chi connectivity index (χ0n) is 29.4. The van der Waals surface area contributed by atoms with E-state index in [4.69, 9.17) is 23.9 Å². The number of nitrogens with zero attached hydrogens (tertiary/aromatic N) is 4. The van der Waals surface area contributed by atoms with E-state index in [0.717, 1.165) is 10.1 Å². The SMILES string of the molecule is CON(C)C(=O)[C@H]1CN(C(=O)OC(C)(C)C)C[C@@H]1C(=O)O.CON(C)C(=O)[C@H]1CN(C(=O)OC(C)(C)C)C[C@@H]1C(=O)OC(C)(C)C. The van der Waals surface area contributed by atoms with E-state index >= 15 is 0 Å². The molecule has 4 atom stereocenters. The molecular formula is C30H52N4O12. The van der Waals surface area contributed by atoms with Crippen LogP contribution in [0.2, 0.25) is 0 Å². The number of rotatable bonds is 6. The third-order valence-corrected chi connectivity index (χ3v) is 6.77. The second kappa shape index (κ2) is 15.8. The molecule has 0 aliphatic carbocycles. The highest BCUT2D eigenvalue weighted by Crippen LogP contribution is 2.30. The monoisotopic (exact) mass is 660 g/mol. The number of likely N-dealkylation sites (tertiary alicyclic amines) is 2. The number of aliphatic carboxylic acids is 1. The number of carboxylic acids is 1. The Labute approximate surface area is 271 Å². The van der Waals surface area contributed by atoms with Gasteiger partial charge in [-0.2, -0.15) is 0 Å². The molecule has 0 aromatic carbocycles.